The lowest BCUT2D eigenvalue weighted by molar-refractivity contribution is -0.122. The van der Waals surface area contributed by atoms with Gasteiger partial charge in [-0.15, -0.1) is 0 Å². The maximum absolute atomic E-state index is 11.3. The van der Waals surface area contributed by atoms with Crippen molar-refractivity contribution in [3.05, 3.63) is 12.7 Å². The average Bonchev–Trinajstić information content (AvgIpc) is 2.11. The van der Waals surface area contributed by atoms with Crippen LogP contribution < -0.4 is 5.73 Å². The fraction of sp³-hybridized carbons (Fsp3) is 0.625. The lowest BCUT2D eigenvalue weighted by Crippen LogP contribution is -2.36. The Balaban J connectivity index is 4.57. The summed E-state index contributed by atoms with van der Waals surface area (Å²) < 4.78 is 29.5. The summed E-state index contributed by atoms with van der Waals surface area (Å²) in [5, 5.41) is 0. The Morgan fingerprint density at radius 1 is 1.64 bits per heavy atom. The van der Waals surface area contributed by atoms with Crippen LogP contribution in [0.5, 0.6) is 0 Å². The molecule has 5 nitrogen and oxygen atoms in total. The van der Waals surface area contributed by atoms with Gasteiger partial charge in [0.1, 0.15) is 0 Å². The van der Waals surface area contributed by atoms with Crippen LogP contribution in [0, 0.1) is 5.41 Å². The molecule has 0 aliphatic heterocycles. The Morgan fingerprint density at radius 3 is 2.43 bits per heavy atom. The van der Waals surface area contributed by atoms with Gasteiger partial charge in [-0.05, 0) is 12.5 Å². The van der Waals surface area contributed by atoms with Gasteiger partial charge in [-0.3, -0.25) is 9.35 Å². The Labute approximate surface area is 83.7 Å². The van der Waals surface area contributed by atoms with E-state index in [-0.39, 0.29) is 18.7 Å². The highest BCUT2D eigenvalue weighted by Gasteiger charge is 2.30. The number of rotatable bonds is 6. The van der Waals surface area contributed by atoms with Gasteiger partial charge in [0, 0.05) is 12.0 Å². The van der Waals surface area contributed by atoms with Crippen molar-refractivity contribution in [2.75, 3.05) is 12.3 Å². The van der Waals surface area contributed by atoms with E-state index in [1.54, 1.807) is 6.92 Å². The molecule has 0 spiro atoms. The van der Waals surface area contributed by atoms with Crippen LogP contribution in [0.3, 0.4) is 0 Å². The molecule has 6 heteroatoms. The zero-order chi connectivity index (χ0) is 11.4. The first-order valence-electron chi connectivity index (χ1n) is 4.07. The summed E-state index contributed by atoms with van der Waals surface area (Å²) in [5.41, 5.74) is 4.41. The van der Waals surface area contributed by atoms with Gasteiger partial charge in [-0.2, -0.15) is 8.42 Å². The highest BCUT2D eigenvalue weighted by molar-refractivity contribution is 7.85. The molecule has 0 aromatic heterocycles. The Kier molecular flexibility index (Phi) is 4.44. The molecule has 1 unspecified atom stereocenters. The topological polar surface area (TPSA) is 97.5 Å². The zero-order valence-corrected chi connectivity index (χ0v) is 8.88. The molecular formula is C8H15NO4S. The summed E-state index contributed by atoms with van der Waals surface area (Å²) in [6.45, 7) is 4.87. The molecule has 0 radical (unpaired) electrons. The van der Waals surface area contributed by atoms with Crippen molar-refractivity contribution < 1.29 is 17.8 Å². The molecule has 0 amide bonds. The smallest absolute Gasteiger partial charge is 0.264 e. The highest BCUT2D eigenvalue weighted by Crippen LogP contribution is 2.22. The maximum Gasteiger partial charge on any atom is 0.264 e. The van der Waals surface area contributed by atoms with Crippen LogP contribution >= 0.6 is 0 Å². The van der Waals surface area contributed by atoms with Crippen LogP contribution in [0.25, 0.3) is 0 Å². The zero-order valence-electron chi connectivity index (χ0n) is 8.06. The third-order valence-corrected chi connectivity index (χ3v) is 2.86. The number of carbonyl (C=O) groups excluding carboxylic acids is 1. The summed E-state index contributed by atoms with van der Waals surface area (Å²) in [5.74, 6) is -0.788. The summed E-state index contributed by atoms with van der Waals surface area (Å²) in [7, 11) is -4.05. The van der Waals surface area contributed by atoms with E-state index >= 15 is 0 Å². The molecule has 0 bridgehead atoms. The standard InChI is InChI=1S/C8H15NO4S/c1-3-7(10)8(2,6-9)4-5-14(11,12)13/h3H,1,4-6,9H2,2H3,(H,11,12,13). The minimum absolute atomic E-state index is 0.00676. The molecular weight excluding hydrogens is 206 g/mol. The van der Waals surface area contributed by atoms with Crippen LogP contribution in [0.1, 0.15) is 13.3 Å². The average molecular weight is 221 g/mol. The lowest BCUT2D eigenvalue weighted by Gasteiger charge is -2.23. The molecule has 0 aliphatic rings. The SMILES string of the molecule is C=CC(=O)C(C)(CN)CCS(=O)(=O)O. The lowest BCUT2D eigenvalue weighted by atomic mass is 9.83. The van der Waals surface area contributed by atoms with Crippen molar-refractivity contribution in [3.63, 3.8) is 0 Å². The Hall–Kier alpha value is -0.720. The van der Waals surface area contributed by atoms with Crippen molar-refractivity contribution >= 4 is 15.9 Å². The molecule has 0 saturated heterocycles. The van der Waals surface area contributed by atoms with Crippen molar-refractivity contribution in [3.8, 4) is 0 Å². The van der Waals surface area contributed by atoms with Crippen LogP contribution in [-0.4, -0.2) is 31.1 Å². The minimum Gasteiger partial charge on any atom is -0.329 e. The van der Waals surface area contributed by atoms with Gasteiger partial charge < -0.3 is 5.73 Å². The third kappa shape index (κ3) is 3.99. The van der Waals surface area contributed by atoms with Gasteiger partial charge in [-0.1, -0.05) is 13.5 Å². The van der Waals surface area contributed by atoms with E-state index in [1.165, 1.54) is 0 Å². The van der Waals surface area contributed by atoms with Crippen molar-refractivity contribution in [2.45, 2.75) is 13.3 Å². The van der Waals surface area contributed by atoms with Crippen LogP contribution in [0.2, 0.25) is 0 Å². The van der Waals surface area contributed by atoms with Crippen molar-refractivity contribution in [1.29, 1.82) is 0 Å². The molecule has 0 aromatic carbocycles. The van der Waals surface area contributed by atoms with E-state index in [9.17, 15) is 13.2 Å². The molecule has 0 rings (SSSR count). The quantitative estimate of drug-likeness (QED) is 0.485. The van der Waals surface area contributed by atoms with Gasteiger partial charge in [0.15, 0.2) is 5.78 Å². The molecule has 0 aromatic rings. The summed E-state index contributed by atoms with van der Waals surface area (Å²) in [6, 6.07) is 0. The number of nitrogens with two attached hydrogens (primary N) is 1. The normalized spacial score (nSPS) is 15.9. The molecule has 82 valence electrons. The monoisotopic (exact) mass is 221 g/mol. The van der Waals surface area contributed by atoms with Crippen LogP contribution in [0.15, 0.2) is 12.7 Å². The summed E-state index contributed by atoms with van der Waals surface area (Å²) in [6.07, 6.45) is 1.10. The van der Waals surface area contributed by atoms with Gasteiger partial charge in [0.2, 0.25) is 0 Å². The first-order valence-corrected chi connectivity index (χ1v) is 5.68. The fourth-order valence-electron chi connectivity index (χ4n) is 0.926. The summed E-state index contributed by atoms with van der Waals surface area (Å²) >= 11 is 0. The van der Waals surface area contributed by atoms with Crippen molar-refractivity contribution in [2.24, 2.45) is 11.1 Å². The first kappa shape index (κ1) is 13.3. The van der Waals surface area contributed by atoms with Crippen molar-refractivity contribution in [1.82, 2.24) is 0 Å². The Bertz CT molecular complexity index is 322. The van der Waals surface area contributed by atoms with Gasteiger partial charge in [-0.25, -0.2) is 0 Å². The van der Waals surface area contributed by atoms with E-state index < -0.39 is 21.3 Å². The third-order valence-electron chi connectivity index (χ3n) is 2.14. The van der Waals surface area contributed by atoms with E-state index in [0.29, 0.717) is 0 Å². The second-order valence-corrected chi connectivity index (χ2v) is 4.94. The van der Waals surface area contributed by atoms with Gasteiger partial charge in [0.25, 0.3) is 10.1 Å². The molecule has 0 aliphatic carbocycles. The molecule has 14 heavy (non-hydrogen) atoms. The number of allylic oxidation sites excluding steroid dienone is 1. The highest BCUT2D eigenvalue weighted by atomic mass is 32.2. The summed E-state index contributed by atoms with van der Waals surface area (Å²) in [4.78, 5) is 11.3. The predicted molar refractivity (Wildman–Crippen MR) is 53.4 cm³/mol. The van der Waals surface area contributed by atoms with Crippen LogP contribution in [-0.2, 0) is 14.9 Å². The second-order valence-electron chi connectivity index (χ2n) is 3.37. The van der Waals surface area contributed by atoms with E-state index in [2.05, 4.69) is 6.58 Å². The number of ketones is 1. The van der Waals surface area contributed by atoms with E-state index in [1.807, 2.05) is 0 Å². The van der Waals surface area contributed by atoms with Crippen LogP contribution in [0.4, 0.5) is 0 Å². The molecule has 0 fully saturated rings. The second kappa shape index (κ2) is 4.68. The fourth-order valence-corrected chi connectivity index (χ4v) is 1.63. The number of carbonyl (C=O) groups is 1. The maximum atomic E-state index is 11.3. The molecule has 0 heterocycles. The largest absolute Gasteiger partial charge is 0.329 e. The van der Waals surface area contributed by atoms with Gasteiger partial charge >= 0.3 is 0 Å². The minimum atomic E-state index is -4.05. The molecule has 0 saturated carbocycles. The van der Waals surface area contributed by atoms with E-state index in [4.69, 9.17) is 10.3 Å². The predicted octanol–water partition coefficient (Wildman–Crippen LogP) is -0.0156. The number of hydrogen-bond acceptors (Lipinski definition) is 4. The molecule has 1 atom stereocenters. The molecule has 3 N–H and O–H groups in total. The van der Waals surface area contributed by atoms with E-state index in [0.717, 1.165) is 6.08 Å². The van der Waals surface area contributed by atoms with Gasteiger partial charge in [0.05, 0.1) is 5.75 Å². The Morgan fingerprint density at radius 2 is 2.14 bits per heavy atom. The number of hydrogen-bond donors (Lipinski definition) is 2. The first-order chi connectivity index (χ1) is 6.25.